The molecule has 0 saturated heterocycles. The van der Waals surface area contributed by atoms with Crippen molar-refractivity contribution < 1.29 is 4.57 Å². The fraction of sp³-hybridized carbons (Fsp3) is 0.483. The largest absolute Gasteiger partial charge is 0.220 e. The van der Waals surface area contributed by atoms with Crippen LogP contribution in [0.4, 0.5) is 0 Å². The molecule has 3 aliphatic carbocycles. The van der Waals surface area contributed by atoms with Crippen molar-refractivity contribution in [1.82, 2.24) is 0 Å². The van der Waals surface area contributed by atoms with Crippen LogP contribution in [-0.4, -0.2) is 0 Å². The van der Waals surface area contributed by atoms with Crippen LogP contribution in [0.5, 0.6) is 0 Å². The highest BCUT2D eigenvalue weighted by Gasteiger charge is 2.38. The van der Waals surface area contributed by atoms with Gasteiger partial charge >= 0.3 is 0 Å². The molecule has 2 bridgehead atoms. The summed E-state index contributed by atoms with van der Waals surface area (Å²) < 4.78 is 2.42. The van der Waals surface area contributed by atoms with Crippen LogP contribution in [0, 0.1) is 19.8 Å². The van der Waals surface area contributed by atoms with Gasteiger partial charge in [-0.2, -0.15) is 4.57 Å². The standard InChI is InChI=1S/C29H34N/c1-18-12-27-22-9-10-23(16-22)28(27)17-26(18)29-25-11-8-21(14-20-6-4-5-7-20)15-24(25)13-19(2)30(29)3/h8,11-13,15,17,20,22-23H,4-7,9-10,14,16H2,1-3H3/q+1. The number of fused-ring (bicyclic) bond motifs is 6. The molecule has 0 aliphatic heterocycles. The van der Waals surface area contributed by atoms with E-state index in [2.05, 4.69) is 61.9 Å². The second-order valence-electron chi connectivity index (χ2n) is 10.5. The van der Waals surface area contributed by atoms with Gasteiger partial charge in [0.1, 0.15) is 7.05 Å². The first-order valence-electron chi connectivity index (χ1n) is 12.2. The molecule has 3 aliphatic rings. The molecule has 0 spiro atoms. The molecule has 1 heterocycles. The van der Waals surface area contributed by atoms with Crippen LogP contribution in [-0.2, 0) is 13.5 Å². The molecule has 154 valence electrons. The molecule has 0 radical (unpaired) electrons. The number of pyridine rings is 1. The average Bonchev–Trinajstić information content (AvgIpc) is 3.47. The van der Waals surface area contributed by atoms with Crippen molar-refractivity contribution in [2.75, 3.05) is 0 Å². The number of benzene rings is 2. The van der Waals surface area contributed by atoms with Gasteiger partial charge in [0.05, 0.1) is 10.9 Å². The van der Waals surface area contributed by atoms with Gasteiger partial charge in [-0.1, -0.05) is 43.9 Å². The second-order valence-corrected chi connectivity index (χ2v) is 10.5. The van der Waals surface area contributed by atoms with E-state index in [0.717, 1.165) is 17.8 Å². The van der Waals surface area contributed by atoms with Crippen LogP contribution in [0.2, 0.25) is 0 Å². The van der Waals surface area contributed by atoms with Crippen LogP contribution in [0.1, 0.15) is 84.7 Å². The monoisotopic (exact) mass is 396 g/mol. The predicted octanol–water partition coefficient (Wildman–Crippen LogP) is 7.05. The van der Waals surface area contributed by atoms with E-state index in [-0.39, 0.29) is 0 Å². The van der Waals surface area contributed by atoms with Crippen molar-refractivity contribution in [3.8, 4) is 11.3 Å². The molecular weight excluding hydrogens is 362 g/mol. The van der Waals surface area contributed by atoms with E-state index in [0.29, 0.717) is 0 Å². The summed E-state index contributed by atoms with van der Waals surface area (Å²) in [6.45, 7) is 4.58. The minimum atomic E-state index is 0.809. The summed E-state index contributed by atoms with van der Waals surface area (Å²) in [5.74, 6) is 2.54. The predicted molar refractivity (Wildman–Crippen MR) is 125 cm³/mol. The maximum atomic E-state index is 2.56. The van der Waals surface area contributed by atoms with Gasteiger partial charge in [0.2, 0.25) is 5.69 Å². The zero-order valence-corrected chi connectivity index (χ0v) is 18.8. The summed E-state index contributed by atoms with van der Waals surface area (Å²) in [4.78, 5) is 0. The Morgan fingerprint density at radius 3 is 2.37 bits per heavy atom. The normalized spacial score (nSPS) is 22.9. The van der Waals surface area contributed by atoms with Crippen LogP contribution in [0.3, 0.4) is 0 Å². The molecule has 30 heavy (non-hydrogen) atoms. The highest BCUT2D eigenvalue weighted by atomic mass is 14.9. The van der Waals surface area contributed by atoms with Crippen LogP contribution in [0.25, 0.3) is 22.0 Å². The van der Waals surface area contributed by atoms with Gasteiger partial charge in [0.25, 0.3) is 0 Å². The summed E-state index contributed by atoms with van der Waals surface area (Å²) in [5, 5.41) is 2.82. The maximum absolute atomic E-state index is 2.56. The molecule has 1 heteroatoms. The zero-order chi connectivity index (χ0) is 20.4. The molecule has 1 nitrogen and oxygen atoms in total. The lowest BCUT2D eigenvalue weighted by atomic mass is 9.86. The third kappa shape index (κ3) is 2.85. The van der Waals surface area contributed by atoms with Crippen molar-refractivity contribution >= 4 is 10.8 Å². The van der Waals surface area contributed by atoms with E-state index < -0.39 is 0 Å². The maximum Gasteiger partial charge on any atom is 0.220 e. The first kappa shape index (κ1) is 18.6. The molecule has 0 N–H and O–H groups in total. The lowest BCUT2D eigenvalue weighted by molar-refractivity contribution is -0.665. The smallest absolute Gasteiger partial charge is 0.198 e. The third-order valence-electron chi connectivity index (χ3n) is 8.60. The Kier molecular flexibility index (Phi) is 4.30. The molecule has 6 rings (SSSR count). The summed E-state index contributed by atoms with van der Waals surface area (Å²) in [6, 6.07) is 14.8. The van der Waals surface area contributed by atoms with E-state index in [9.17, 15) is 0 Å². The number of nitrogens with zero attached hydrogens (tertiary/aromatic N) is 1. The van der Waals surface area contributed by atoms with Gasteiger partial charge in [0, 0.05) is 13.0 Å². The van der Waals surface area contributed by atoms with Gasteiger partial charge in [-0.25, -0.2) is 0 Å². The lowest BCUT2D eigenvalue weighted by Crippen LogP contribution is -2.35. The average molecular weight is 397 g/mol. The van der Waals surface area contributed by atoms with Crippen molar-refractivity contribution in [2.45, 2.75) is 77.0 Å². The summed E-state index contributed by atoms with van der Waals surface area (Å²) in [7, 11) is 2.25. The summed E-state index contributed by atoms with van der Waals surface area (Å²) >= 11 is 0. The molecule has 3 aromatic rings. The van der Waals surface area contributed by atoms with E-state index in [4.69, 9.17) is 0 Å². The SMILES string of the molecule is Cc1cc2c(cc1-c1c3ccc(CC4CCCC4)cc3cc(C)[n+]1C)C1CCC2C1. The molecule has 2 aromatic carbocycles. The van der Waals surface area contributed by atoms with E-state index in [1.165, 1.54) is 90.2 Å². The van der Waals surface area contributed by atoms with Crippen LogP contribution in [0.15, 0.2) is 36.4 Å². The van der Waals surface area contributed by atoms with Crippen molar-refractivity contribution in [2.24, 2.45) is 13.0 Å². The fourth-order valence-corrected chi connectivity index (χ4v) is 6.88. The number of aryl methyl sites for hydroxylation is 2. The fourth-order valence-electron chi connectivity index (χ4n) is 6.88. The Morgan fingerprint density at radius 1 is 0.867 bits per heavy atom. The minimum absolute atomic E-state index is 0.809. The molecule has 2 atom stereocenters. The van der Waals surface area contributed by atoms with E-state index in [1.807, 2.05) is 0 Å². The number of aromatic nitrogens is 1. The molecule has 2 fully saturated rings. The first-order chi connectivity index (χ1) is 14.6. The number of rotatable bonds is 3. The zero-order valence-electron chi connectivity index (χ0n) is 18.8. The Morgan fingerprint density at radius 2 is 1.60 bits per heavy atom. The molecule has 0 amide bonds. The van der Waals surface area contributed by atoms with Gasteiger partial charge in [-0.3, -0.25) is 0 Å². The summed E-state index contributed by atoms with van der Waals surface area (Å²) in [6.07, 6.45) is 11.1. The molecule has 2 unspecified atom stereocenters. The van der Waals surface area contributed by atoms with E-state index in [1.54, 1.807) is 11.1 Å². The van der Waals surface area contributed by atoms with Gasteiger partial charge in [0.15, 0.2) is 5.69 Å². The van der Waals surface area contributed by atoms with E-state index >= 15 is 0 Å². The first-order valence-corrected chi connectivity index (χ1v) is 12.2. The second kappa shape index (κ2) is 6.94. The Balaban J connectivity index is 1.49. The van der Waals surface area contributed by atoms with Gasteiger partial charge in [-0.15, -0.1) is 0 Å². The van der Waals surface area contributed by atoms with Crippen LogP contribution < -0.4 is 4.57 Å². The van der Waals surface area contributed by atoms with Gasteiger partial charge < -0.3 is 0 Å². The molecular formula is C29H34N+. The number of hydrogen-bond acceptors (Lipinski definition) is 0. The summed E-state index contributed by atoms with van der Waals surface area (Å²) in [5.41, 5.74) is 10.5. The quantitative estimate of drug-likeness (QED) is 0.418. The highest BCUT2D eigenvalue weighted by Crippen LogP contribution is 2.54. The van der Waals surface area contributed by atoms with Gasteiger partial charge in [-0.05, 0) is 90.1 Å². The molecule has 2 saturated carbocycles. The lowest BCUT2D eigenvalue weighted by Gasteiger charge is -2.18. The third-order valence-corrected chi connectivity index (χ3v) is 8.60. The number of hydrogen-bond donors (Lipinski definition) is 0. The Labute approximate surface area is 181 Å². The molecule has 1 aromatic heterocycles. The Bertz CT molecular complexity index is 1150. The van der Waals surface area contributed by atoms with Crippen LogP contribution >= 0.6 is 0 Å². The topological polar surface area (TPSA) is 3.88 Å². The highest BCUT2D eigenvalue weighted by molar-refractivity contribution is 5.94. The minimum Gasteiger partial charge on any atom is -0.198 e. The van der Waals surface area contributed by atoms with Crippen molar-refractivity contribution in [3.63, 3.8) is 0 Å². The Hall–Kier alpha value is -2.15. The van der Waals surface area contributed by atoms with Crippen molar-refractivity contribution in [1.29, 1.82) is 0 Å². The van der Waals surface area contributed by atoms with Crippen molar-refractivity contribution in [3.05, 3.63) is 64.3 Å².